The van der Waals surface area contributed by atoms with Gasteiger partial charge in [0.15, 0.2) is 0 Å². The molecule has 0 unspecified atom stereocenters. The topological polar surface area (TPSA) is 23.8 Å². The van der Waals surface area contributed by atoms with Crippen molar-refractivity contribution in [2.75, 3.05) is 0 Å². The number of hydrogen-bond donors (Lipinski definition) is 0. The van der Waals surface area contributed by atoms with E-state index in [0.29, 0.717) is 12.0 Å². The van der Waals surface area contributed by atoms with E-state index in [4.69, 9.17) is 16.9 Å². The van der Waals surface area contributed by atoms with Crippen LogP contribution in [-0.4, -0.2) is 0 Å². The summed E-state index contributed by atoms with van der Waals surface area (Å²) in [5.41, 5.74) is 0.344. The predicted molar refractivity (Wildman–Crippen MR) is 50.0 cm³/mol. The van der Waals surface area contributed by atoms with Gasteiger partial charge >= 0.3 is 0 Å². The van der Waals surface area contributed by atoms with Crippen molar-refractivity contribution in [3.8, 4) is 6.07 Å². The summed E-state index contributed by atoms with van der Waals surface area (Å²) in [6.07, 6.45) is 1.98. The Morgan fingerprint density at radius 1 is 1.62 bits per heavy atom. The Morgan fingerprint density at radius 2 is 2.31 bits per heavy atom. The average Bonchev–Trinajstić information content (AvgIpc) is 2.11. The summed E-state index contributed by atoms with van der Waals surface area (Å²) in [6, 6.07) is 4.79. The highest BCUT2D eigenvalue weighted by Gasteiger charge is 2.10. The van der Waals surface area contributed by atoms with E-state index in [9.17, 15) is 4.39 Å². The lowest BCUT2D eigenvalue weighted by Crippen LogP contribution is -1.93. The fraction of sp³-hybridized carbons (Fsp3) is 0.100. The van der Waals surface area contributed by atoms with E-state index in [-0.39, 0.29) is 10.6 Å². The molecule has 0 aliphatic heterocycles. The van der Waals surface area contributed by atoms with Crippen LogP contribution in [0.15, 0.2) is 24.8 Å². The van der Waals surface area contributed by atoms with Crippen molar-refractivity contribution in [1.29, 1.82) is 5.26 Å². The number of nitriles is 1. The van der Waals surface area contributed by atoms with Gasteiger partial charge in [-0.25, -0.2) is 4.39 Å². The Labute approximate surface area is 81.1 Å². The molecular formula is C10H7ClFN. The standard InChI is InChI=1S/C10H7ClFN/c1-2-3-7-4-5-9(11)8(6-13)10(7)12/h2,4-5H,1,3H2. The molecule has 0 saturated carbocycles. The van der Waals surface area contributed by atoms with Crippen molar-refractivity contribution in [3.05, 3.63) is 46.8 Å². The minimum absolute atomic E-state index is 0.0963. The van der Waals surface area contributed by atoms with Crippen molar-refractivity contribution < 1.29 is 4.39 Å². The SMILES string of the molecule is C=CCc1ccc(Cl)c(C#N)c1F. The van der Waals surface area contributed by atoms with Crippen LogP contribution in [0.1, 0.15) is 11.1 Å². The van der Waals surface area contributed by atoms with Crippen LogP contribution >= 0.6 is 11.6 Å². The van der Waals surface area contributed by atoms with Gasteiger partial charge in [-0.1, -0.05) is 23.7 Å². The van der Waals surface area contributed by atoms with Crippen molar-refractivity contribution in [3.63, 3.8) is 0 Å². The average molecular weight is 196 g/mol. The van der Waals surface area contributed by atoms with E-state index in [1.165, 1.54) is 6.07 Å². The van der Waals surface area contributed by atoms with Gasteiger partial charge < -0.3 is 0 Å². The molecule has 0 aromatic heterocycles. The summed E-state index contributed by atoms with van der Waals surface area (Å²) in [4.78, 5) is 0. The van der Waals surface area contributed by atoms with Gasteiger partial charge in [0.1, 0.15) is 17.4 Å². The van der Waals surface area contributed by atoms with Crippen LogP contribution in [0.2, 0.25) is 5.02 Å². The lowest BCUT2D eigenvalue weighted by molar-refractivity contribution is 0.611. The lowest BCUT2D eigenvalue weighted by atomic mass is 10.1. The second-order valence-corrected chi connectivity index (χ2v) is 2.91. The van der Waals surface area contributed by atoms with Gasteiger partial charge in [-0.2, -0.15) is 5.26 Å². The Morgan fingerprint density at radius 3 is 2.85 bits per heavy atom. The normalized spacial score (nSPS) is 9.31. The maximum atomic E-state index is 13.4. The smallest absolute Gasteiger partial charge is 0.145 e. The zero-order valence-electron chi connectivity index (χ0n) is 6.85. The van der Waals surface area contributed by atoms with E-state index < -0.39 is 5.82 Å². The molecule has 0 saturated heterocycles. The van der Waals surface area contributed by atoms with Crippen molar-refractivity contribution in [2.24, 2.45) is 0 Å². The third kappa shape index (κ3) is 1.88. The van der Waals surface area contributed by atoms with Crippen LogP contribution in [-0.2, 0) is 6.42 Å². The lowest BCUT2D eigenvalue weighted by Gasteiger charge is -2.02. The van der Waals surface area contributed by atoms with Gasteiger partial charge in [0.25, 0.3) is 0 Å². The highest BCUT2D eigenvalue weighted by Crippen LogP contribution is 2.21. The molecule has 0 fully saturated rings. The van der Waals surface area contributed by atoms with Gasteiger partial charge in [0.2, 0.25) is 0 Å². The Bertz CT molecular complexity index is 379. The van der Waals surface area contributed by atoms with E-state index in [1.54, 1.807) is 18.2 Å². The minimum atomic E-state index is -0.546. The molecule has 0 spiro atoms. The fourth-order valence-corrected chi connectivity index (χ4v) is 1.20. The monoisotopic (exact) mass is 195 g/mol. The first-order chi connectivity index (χ1) is 6.20. The van der Waals surface area contributed by atoms with Gasteiger partial charge in [0, 0.05) is 0 Å². The molecule has 0 radical (unpaired) electrons. The first kappa shape index (κ1) is 9.76. The number of benzene rings is 1. The van der Waals surface area contributed by atoms with Crippen molar-refractivity contribution in [1.82, 2.24) is 0 Å². The van der Waals surface area contributed by atoms with Gasteiger partial charge in [-0.15, -0.1) is 6.58 Å². The zero-order valence-corrected chi connectivity index (χ0v) is 7.61. The number of hydrogen-bond acceptors (Lipinski definition) is 1. The van der Waals surface area contributed by atoms with Crippen molar-refractivity contribution in [2.45, 2.75) is 6.42 Å². The molecule has 1 aromatic rings. The number of rotatable bonds is 2. The number of nitrogens with zero attached hydrogens (tertiary/aromatic N) is 1. The number of halogens is 2. The Kier molecular flexibility index (Phi) is 3.05. The first-order valence-electron chi connectivity index (χ1n) is 3.68. The molecule has 0 aliphatic rings. The van der Waals surface area contributed by atoms with Crippen LogP contribution in [0.3, 0.4) is 0 Å². The third-order valence-corrected chi connectivity index (χ3v) is 1.96. The molecule has 66 valence electrons. The predicted octanol–water partition coefficient (Wildman–Crippen LogP) is 3.08. The molecule has 1 nitrogen and oxygen atoms in total. The van der Waals surface area contributed by atoms with E-state index in [1.807, 2.05) is 0 Å². The second-order valence-electron chi connectivity index (χ2n) is 2.50. The van der Waals surface area contributed by atoms with Crippen molar-refractivity contribution >= 4 is 11.6 Å². The summed E-state index contributed by atoms with van der Waals surface area (Å²) in [5, 5.41) is 8.74. The van der Waals surface area contributed by atoms with Crippen LogP contribution < -0.4 is 0 Å². The molecule has 1 rings (SSSR count). The summed E-state index contributed by atoms with van der Waals surface area (Å²) in [6.45, 7) is 3.49. The fourth-order valence-electron chi connectivity index (χ4n) is 1.01. The maximum Gasteiger partial charge on any atom is 0.145 e. The summed E-state index contributed by atoms with van der Waals surface area (Å²) in [5.74, 6) is -0.546. The molecule has 13 heavy (non-hydrogen) atoms. The first-order valence-corrected chi connectivity index (χ1v) is 4.06. The Hall–Kier alpha value is -1.33. The molecule has 0 amide bonds. The van der Waals surface area contributed by atoms with Crippen LogP contribution in [0.5, 0.6) is 0 Å². The van der Waals surface area contributed by atoms with Crippen LogP contribution in [0.4, 0.5) is 4.39 Å². The molecule has 3 heteroatoms. The van der Waals surface area contributed by atoms with Gasteiger partial charge in [-0.3, -0.25) is 0 Å². The summed E-state index contributed by atoms with van der Waals surface area (Å²) >= 11 is 5.61. The summed E-state index contributed by atoms with van der Waals surface area (Å²) in [7, 11) is 0. The largest absolute Gasteiger partial charge is 0.205 e. The molecule has 0 atom stereocenters. The molecule has 1 aromatic carbocycles. The molecule has 0 bridgehead atoms. The molecule has 0 N–H and O–H groups in total. The van der Waals surface area contributed by atoms with E-state index >= 15 is 0 Å². The van der Waals surface area contributed by atoms with Crippen LogP contribution in [0.25, 0.3) is 0 Å². The highest BCUT2D eigenvalue weighted by atomic mass is 35.5. The molecule has 0 aliphatic carbocycles. The molecular weight excluding hydrogens is 189 g/mol. The Balaban J connectivity index is 3.29. The minimum Gasteiger partial charge on any atom is -0.205 e. The second kappa shape index (κ2) is 4.06. The zero-order chi connectivity index (χ0) is 9.84. The van der Waals surface area contributed by atoms with Gasteiger partial charge in [0.05, 0.1) is 5.02 Å². The highest BCUT2D eigenvalue weighted by molar-refractivity contribution is 6.31. The van der Waals surface area contributed by atoms with Gasteiger partial charge in [-0.05, 0) is 18.1 Å². The summed E-state index contributed by atoms with van der Waals surface area (Å²) < 4.78 is 13.4. The third-order valence-electron chi connectivity index (χ3n) is 1.65. The van der Waals surface area contributed by atoms with Crippen LogP contribution in [0, 0.1) is 17.1 Å². The van der Waals surface area contributed by atoms with E-state index in [2.05, 4.69) is 6.58 Å². The number of allylic oxidation sites excluding steroid dienone is 1. The quantitative estimate of drug-likeness (QED) is 0.666. The molecule has 0 heterocycles. The maximum absolute atomic E-state index is 13.4. The van der Waals surface area contributed by atoms with E-state index in [0.717, 1.165) is 0 Å².